The van der Waals surface area contributed by atoms with E-state index in [9.17, 15) is 23.5 Å². The number of aliphatic hydroxyl groups is 1. The number of amides is 1. The lowest BCUT2D eigenvalue weighted by Crippen LogP contribution is -2.74. The van der Waals surface area contributed by atoms with Crippen LogP contribution in [0, 0.1) is 40.4 Å². The number of hydrogen-bond donors (Lipinski definition) is 3. The maximum Gasteiger partial charge on any atom is 0.223 e. The summed E-state index contributed by atoms with van der Waals surface area (Å²) in [6.07, 6.45) is 2.15. The van der Waals surface area contributed by atoms with Crippen LogP contribution in [0.5, 0.6) is 0 Å². The van der Waals surface area contributed by atoms with Crippen molar-refractivity contribution in [1.29, 1.82) is 0 Å². The molecule has 3 N–H and O–H groups in total. The highest BCUT2D eigenvalue weighted by molar-refractivity contribution is 7.92. The van der Waals surface area contributed by atoms with Gasteiger partial charge in [-0.3, -0.25) is 4.79 Å². The van der Waals surface area contributed by atoms with Gasteiger partial charge in [0.2, 0.25) is 5.91 Å². The molecule has 1 aromatic carbocycles. The average Bonchev–Trinajstić information content (AvgIpc) is 3.24. The van der Waals surface area contributed by atoms with Gasteiger partial charge in [-0.2, -0.15) is 0 Å². The first-order chi connectivity index (χ1) is 17.9. The molecule has 2 heterocycles. The Balaban J connectivity index is 1.52. The molecule has 10 atom stereocenters. The summed E-state index contributed by atoms with van der Waals surface area (Å²) >= 11 is 0. The number of carbonyl (C=O) groups excluding carboxylic acids is 1. The van der Waals surface area contributed by atoms with E-state index in [2.05, 4.69) is 24.3 Å². The van der Waals surface area contributed by atoms with Gasteiger partial charge in [0, 0.05) is 29.7 Å². The summed E-state index contributed by atoms with van der Waals surface area (Å²) in [5, 5.41) is 27.2. The van der Waals surface area contributed by atoms with Crippen LogP contribution in [0.2, 0.25) is 0 Å². The molecule has 5 fully saturated rings. The summed E-state index contributed by atoms with van der Waals surface area (Å²) in [6, 6.07) is 8.39. The molecule has 1 aromatic rings. The van der Waals surface area contributed by atoms with Crippen molar-refractivity contribution in [2.75, 3.05) is 6.54 Å². The number of ether oxygens (including phenoxy) is 1. The molecule has 0 bridgehead atoms. The zero-order valence-electron chi connectivity index (χ0n) is 22.6. The third kappa shape index (κ3) is 3.30. The second-order valence-electron chi connectivity index (χ2n) is 13.4. The van der Waals surface area contributed by atoms with E-state index < -0.39 is 37.6 Å². The van der Waals surface area contributed by atoms with E-state index in [0.29, 0.717) is 25.1 Å². The minimum Gasteiger partial charge on any atom is -0.411 e. The van der Waals surface area contributed by atoms with E-state index in [1.807, 2.05) is 13.8 Å². The lowest BCUT2D eigenvalue weighted by molar-refractivity contribution is -0.318. The van der Waals surface area contributed by atoms with Crippen LogP contribution in [0.4, 0.5) is 0 Å². The van der Waals surface area contributed by atoms with Crippen LogP contribution in [-0.4, -0.2) is 60.0 Å². The van der Waals surface area contributed by atoms with Gasteiger partial charge < -0.3 is 20.4 Å². The number of hydrogen-bond acceptors (Lipinski definition) is 7. The van der Waals surface area contributed by atoms with Gasteiger partial charge in [0.1, 0.15) is 5.25 Å². The molecule has 0 radical (unpaired) electrons. The van der Waals surface area contributed by atoms with Gasteiger partial charge in [0.15, 0.2) is 9.84 Å². The van der Waals surface area contributed by atoms with Crippen molar-refractivity contribution < 1.29 is 28.3 Å². The Labute approximate surface area is 225 Å². The highest BCUT2D eigenvalue weighted by Crippen LogP contribution is 2.68. The lowest BCUT2D eigenvalue weighted by atomic mass is 9.42. The fourth-order valence-corrected chi connectivity index (χ4v) is 11.4. The summed E-state index contributed by atoms with van der Waals surface area (Å²) in [4.78, 5) is 12.8. The van der Waals surface area contributed by atoms with Gasteiger partial charge in [-0.25, -0.2) is 8.42 Å². The number of rotatable bonds is 2. The van der Waals surface area contributed by atoms with Crippen molar-refractivity contribution in [1.82, 2.24) is 5.32 Å². The first-order valence-corrected chi connectivity index (χ1v) is 15.6. The smallest absolute Gasteiger partial charge is 0.223 e. The van der Waals surface area contributed by atoms with Crippen LogP contribution in [-0.2, 0) is 19.4 Å². The van der Waals surface area contributed by atoms with Crippen molar-refractivity contribution in [3.05, 3.63) is 30.3 Å². The molecule has 9 heteroatoms. The molecular formula is C29H40N2O6S. The van der Waals surface area contributed by atoms with Gasteiger partial charge >= 0.3 is 0 Å². The van der Waals surface area contributed by atoms with Crippen molar-refractivity contribution in [3.8, 4) is 0 Å². The molecular weight excluding hydrogens is 504 g/mol. The molecule has 1 amide bonds. The molecule has 3 saturated carbocycles. The van der Waals surface area contributed by atoms with Crippen LogP contribution < -0.4 is 5.32 Å². The number of carbonyl (C=O) groups is 1. The van der Waals surface area contributed by atoms with E-state index >= 15 is 0 Å². The first kappa shape index (κ1) is 26.3. The quantitative estimate of drug-likeness (QED) is 0.387. The largest absolute Gasteiger partial charge is 0.411 e. The van der Waals surface area contributed by atoms with E-state index in [-0.39, 0.29) is 52.9 Å². The van der Waals surface area contributed by atoms with Gasteiger partial charge in [-0.05, 0) is 61.5 Å². The highest BCUT2D eigenvalue weighted by atomic mass is 32.2. The average molecular weight is 545 g/mol. The van der Waals surface area contributed by atoms with Gasteiger partial charge in [-0.1, -0.05) is 51.0 Å². The van der Waals surface area contributed by atoms with E-state index in [0.717, 1.165) is 12.8 Å². The van der Waals surface area contributed by atoms with E-state index in [1.54, 1.807) is 30.3 Å². The Morgan fingerprint density at radius 3 is 2.47 bits per heavy atom. The second kappa shape index (κ2) is 8.51. The lowest BCUT2D eigenvalue weighted by Gasteiger charge is -2.70. The number of oxime groups is 1. The Morgan fingerprint density at radius 2 is 1.79 bits per heavy atom. The molecule has 38 heavy (non-hydrogen) atoms. The summed E-state index contributed by atoms with van der Waals surface area (Å²) in [5.41, 5.74) is -1.67. The Kier molecular flexibility index (Phi) is 5.88. The number of aliphatic hydroxyl groups excluding tert-OH is 1. The number of benzene rings is 1. The molecule has 6 rings (SSSR count). The molecule has 8 nitrogen and oxygen atoms in total. The van der Waals surface area contributed by atoms with Crippen LogP contribution in [0.15, 0.2) is 40.4 Å². The number of fused-ring (bicyclic) bond motifs is 3. The van der Waals surface area contributed by atoms with Crippen LogP contribution in [0.1, 0.15) is 59.8 Å². The number of nitrogens with zero attached hydrogens (tertiary/aromatic N) is 1. The van der Waals surface area contributed by atoms with Gasteiger partial charge in [0.25, 0.3) is 0 Å². The topological polar surface area (TPSA) is 125 Å². The zero-order chi connectivity index (χ0) is 27.3. The third-order valence-electron chi connectivity index (χ3n) is 11.6. The molecule has 3 aliphatic carbocycles. The zero-order valence-corrected chi connectivity index (χ0v) is 23.4. The standard InChI is InChI=1S/C29H40N2O6S/c1-16-10-11-23-27(2,3)25(31-34)22(38(35,36)17-8-6-5-7-9-17)14-29(23)28(16,4)13-19-21(32)12-18-20(24(19)37-29)15-30-26(18)33/h5-9,16,18-24,32,34H,10-15H2,1-4H3,(H,30,33). The fourth-order valence-electron chi connectivity index (χ4n) is 9.38. The molecule has 0 aromatic heterocycles. The maximum absolute atomic E-state index is 14.2. The third-order valence-corrected chi connectivity index (χ3v) is 13.7. The SMILES string of the molecule is CC1CCC2C(C)(C)C(=NO)C(S(=O)(=O)c3ccccc3)CC23OC2C(CC13C)C(O)CC1C(=O)NCC12. The van der Waals surface area contributed by atoms with Crippen molar-refractivity contribution in [2.45, 2.75) is 87.8 Å². The summed E-state index contributed by atoms with van der Waals surface area (Å²) in [6.45, 7) is 8.95. The molecule has 10 unspecified atom stereocenters. The number of nitrogens with one attached hydrogen (secondary N) is 1. The maximum atomic E-state index is 14.2. The molecule has 1 spiro atoms. The minimum absolute atomic E-state index is 0.0290. The normalized spacial score (nSPS) is 46.9. The Morgan fingerprint density at radius 1 is 1.08 bits per heavy atom. The summed E-state index contributed by atoms with van der Waals surface area (Å²) in [5.74, 6) is -0.307. The monoisotopic (exact) mass is 544 g/mol. The predicted octanol–water partition coefficient (Wildman–Crippen LogP) is 3.41. The Hall–Kier alpha value is -1.97. The Bertz CT molecular complexity index is 1260. The van der Waals surface area contributed by atoms with Crippen LogP contribution in [0.3, 0.4) is 0 Å². The summed E-state index contributed by atoms with van der Waals surface area (Å²) in [7, 11) is -3.90. The second-order valence-corrected chi connectivity index (χ2v) is 15.5. The first-order valence-electron chi connectivity index (χ1n) is 14.0. The van der Waals surface area contributed by atoms with Crippen molar-refractivity contribution >= 4 is 21.5 Å². The predicted molar refractivity (Wildman–Crippen MR) is 141 cm³/mol. The van der Waals surface area contributed by atoms with Gasteiger partial charge in [-0.15, -0.1) is 0 Å². The molecule has 2 aliphatic heterocycles. The fraction of sp³-hybridized carbons (Fsp3) is 0.724. The minimum atomic E-state index is -3.90. The van der Waals surface area contributed by atoms with Crippen LogP contribution >= 0.6 is 0 Å². The van der Waals surface area contributed by atoms with Gasteiger partial charge in [0.05, 0.1) is 28.4 Å². The molecule has 208 valence electrons. The number of sulfone groups is 1. The highest BCUT2D eigenvalue weighted by Gasteiger charge is 2.72. The molecule has 5 aliphatic rings. The van der Waals surface area contributed by atoms with Crippen molar-refractivity contribution in [3.63, 3.8) is 0 Å². The molecule has 2 saturated heterocycles. The van der Waals surface area contributed by atoms with Crippen molar-refractivity contribution in [2.24, 2.45) is 45.6 Å². The van der Waals surface area contributed by atoms with E-state index in [4.69, 9.17) is 4.74 Å². The van der Waals surface area contributed by atoms with Crippen LogP contribution in [0.25, 0.3) is 0 Å². The summed E-state index contributed by atoms with van der Waals surface area (Å²) < 4.78 is 35.7. The van der Waals surface area contributed by atoms with E-state index in [1.165, 1.54) is 0 Å².